The van der Waals surface area contributed by atoms with Gasteiger partial charge in [0, 0.05) is 18.3 Å². The quantitative estimate of drug-likeness (QED) is 0.845. The third-order valence-electron chi connectivity index (χ3n) is 2.95. The highest BCUT2D eigenvalue weighted by molar-refractivity contribution is 7.91. The minimum Gasteiger partial charge on any atom is -0.396 e. The lowest BCUT2D eigenvalue weighted by molar-refractivity contribution is 0.262. The third-order valence-corrected chi connectivity index (χ3v) is 4.69. The fraction of sp³-hybridized carbons (Fsp3) is 0.538. The second-order valence-corrected chi connectivity index (χ2v) is 6.79. The van der Waals surface area contributed by atoms with Crippen molar-refractivity contribution in [2.75, 3.05) is 18.1 Å². The van der Waals surface area contributed by atoms with E-state index in [1.807, 2.05) is 31.2 Å². The first-order valence-corrected chi connectivity index (χ1v) is 7.68. The van der Waals surface area contributed by atoms with Crippen LogP contribution in [0.2, 0.25) is 0 Å². The van der Waals surface area contributed by atoms with E-state index in [1.165, 1.54) is 0 Å². The van der Waals surface area contributed by atoms with Crippen molar-refractivity contribution in [3.8, 4) is 0 Å². The molecule has 0 bridgehead atoms. The Kier molecular flexibility index (Phi) is 5.15. The number of aliphatic hydroxyl groups excluding tert-OH is 1. The van der Waals surface area contributed by atoms with Gasteiger partial charge in [0.1, 0.15) is 9.84 Å². The van der Waals surface area contributed by atoms with E-state index in [2.05, 4.69) is 0 Å². The maximum absolute atomic E-state index is 11.4. The van der Waals surface area contributed by atoms with Crippen LogP contribution in [-0.4, -0.2) is 31.6 Å². The molecule has 3 nitrogen and oxygen atoms in total. The lowest BCUT2D eigenvalue weighted by atomic mass is 9.96. The van der Waals surface area contributed by atoms with Crippen LogP contribution in [0.1, 0.15) is 30.4 Å². The predicted octanol–water partition coefficient (Wildman–Crippen LogP) is 1.90. The lowest BCUT2D eigenvalue weighted by Gasteiger charge is -2.14. The van der Waals surface area contributed by atoms with Crippen LogP contribution in [0.4, 0.5) is 0 Å². The zero-order valence-electron chi connectivity index (χ0n) is 10.4. The van der Waals surface area contributed by atoms with Gasteiger partial charge >= 0.3 is 0 Å². The van der Waals surface area contributed by atoms with Crippen molar-refractivity contribution in [1.82, 2.24) is 0 Å². The van der Waals surface area contributed by atoms with Gasteiger partial charge in [-0.1, -0.05) is 36.8 Å². The van der Waals surface area contributed by atoms with Crippen molar-refractivity contribution in [2.24, 2.45) is 0 Å². The van der Waals surface area contributed by atoms with Crippen molar-refractivity contribution >= 4 is 9.84 Å². The molecule has 0 aliphatic heterocycles. The fourth-order valence-electron chi connectivity index (χ4n) is 1.75. The molecule has 0 saturated carbocycles. The van der Waals surface area contributed by atoms with Crippen molar-refractivity contribution in [3.63, 3.8) is 0 Å². The van der Waals surface area contributed by atoms with Crippen molar-refractivity contribution in [3.05, 3.63) is 35.4 Å². The average molecular weight is 256 g/mol. The van der Waals surface area contributed by atoms with Gasteiger partial charge in [-0.15, -0.1) is 0 Å². The van der Waals surface area contributed by atoms with Crippen LogP contribution >= 0.6 is 0 Å². The Hall–Kier alpha value is -0.870. The van der Waals surface area contributed by atoms with Gasteiger partial charge in [-0.2, -0.15) is 0 Å². The van der Waals surface area contributed by atoms with Crippen LogP contribution in [0.5, 0.6) is 0 Å². The summed E-state index contributed by atoms with van der Waals surface area (Å²) < 4.78 is 22.9. The normalized spacial score (nSPS) is 13.6. The number of rotatable bonds is 6. The molecule has 0 heterocycles. The Balaban J connectivity index is 2.73. The van der Waals surface area contributed by atoms with Gasteiger partial charge in [0.25, 0.3) is 0 Å². The Morgan fingerprint density at radius 3 is 2.59 bits per heavy atom. The second-order valence-electron chi connectivity index (χ2n) is 4.32. The Bertz CT molecular complexity index is 451. The molecule has 1 atom stereocenters. The number of benzene rings is 1. The van der Waals surface area contributed by atoms with Gasteiger partial charge in [0.2, 0.25) is 0 Å². The van der Waals surface area contributed by atoms with Gasteiger partial charge in [-0.05, 0) is 18.9 Å². The zero-order valence-corrected chi connectivity index (χ0v) is 11.2. The number of aryl methyl sites for hydroxylation is 1. The second kappa shape index (κ2) is 6.17. The molecule has 1 aromatic carbocycles. The number of sulfone groups is 1. The monoisotopic (exact) mass is 256 g/mol. The Morgan fingerprint density at radius 2 is 2.06 bits per heavy atom. The third kappa shape index (κ3) is 4.48. The summed E-state index contributed by atoms with van der Waals surface area (Å²) in [5, 5.41) is 9.35. The summed E-state index contributed by atoms with van der Waals surface area (Å²) in [5.74, 6) is 0.220. The minimum atomic E-state index is -2.95. The number of aliphatic hydroxyl groups is 1. The van der Waals surface area contributed by atoms with Crippen LogP contribution in [-0.2, 0) is 9.84 Å². The molecule has 0 fully saturated rings. The summed E-state index contributed by atoms with van der Waals surface area (Å²) in [4.78, 5) is 0. The van der Waals surface area contributed by atoms with Crippen molar-refractivity contribution in [2.45, 2.75) is 26.2 Å². The molecule has 0 saturated heterocycles. The highest BCUT2D eigenvalue weighted by Crippen LogP contribution is 2.20. The molecular weight excluding hydrogens is 236 g/mol. The first-order valence-electron chi connectivity index (χ1n) is 5.86. The predicted molar refractivity (Wildman–Crippen MR) is 70.0 cm³/mol. The molecule has 0 radical (unpaired) electrons. The minimum absolute atomic E-state index is 0.0112. The summed E-state index contributed by atoms with van der Waals surface area (Å²) in [6, 6.07) is 7.86. The molecule has 1 unspecified atom stereocenters. The van der Waals surface area contributed by atoms with Crippen LogP contribution in [0.15, 0.2) is 24.3 Å². The number of hydrogen-bond acceptors (Lipinski definition) is 3. The number of hydrogen-bond donors (Lipinski definition) is 1. The molecule has 0 amide bonds. The summed E-state index contributed by atoms with van der Waals surface area (Å²) in [6.07, 6.45) is 0.482. The summed E-state index contributed by atoms with van der Waals surface area (Å²) in [6.45, 7) is 3.62. The van der Waals surface area contributed by atoms with Crippen LogP contribution in [0.25, 0.3) is 0 Å². The fourth-order valence-corrected chi connectivity index (χ4v) is 2.69. The van der Waals surface area contributed by atoms with E-state index in [1.54, 1.807) is 6.92 Å². The Labute approximate surface area is 103 Å². The van der Waals surface area contributed by atoms with Crippen molar-refractivity contribution < 1.29 is 13.5 Å². The zero-order chi connectivity index (χ0) is 12.9. The van der Waals surface area contributed by atoms with Gasteiger partial charge in [0.15, 0.2) is 0 Å². The average Bonchev–Trinajstić information content (AvgIpc) is 2.30. The van der Waals surface area contributed by atoms with Crippen molar-refractivity contribution in [1.29, 1.82) is 0 Å². The maximum atomic E-state index is 11.4. The van der Waals surface area contributed by atoms with E-state index < -0.39 is 9.84 Å². The van der Waals surface area contributed by atoms with Gasteiger partial charge in [0.05, 0.1) is 5.75 Å². The maximum Gasteiger partial charge on any atom is 0.150 e. The summed E-state index contributed by atoms with van der Waals surface area (Å²) in [7, 11) is -2.95. The first-order chi connectivity index (χ1) is 7.98. The van der Waals surface area contributed by atoms with Crippen LogP contribution in [0, 0.1) is 6.92 Å². The topological polar surface area (TPSA) is 54.4 Å². The molecule has 17 heavy (non-hydrogen) atoms. The van der Waals surface area contributed by atoms with Gasteiger partial charge < -0.3 is 5.11 Å². The van der Waals surface area contributed by atoms with E-state index in [0.29, 0.717) is 6.42 Å². The standard InChI is InChI=1S/C13H20O3S/c1-3-17(15,16)8-7-13(10-14)12-6-4-5-11(2)9-12/h4-6,9,13-14H,3,7-8,10H2,1-2H3. The SMILES string of the molecule is CCS(=O)(=O)CCC(CO)c1cccc(C)c1. The van der Waals surface area contributed by atoms with E-state index >= 15 is 0 Å². The summed E-state index contributed by atoms with van der Waals surface area (Å²) >= 11 is 0. The van der Waals surface area contributed by atoms with E-state index in [4.69, 9.17) is 0 Å². The lowest BCUT2D eigenvalue weighted by Crippen LogP contribution is -2.14. The summed E-state index contributed by atoms with van der Waals surface area (Å²) in [5.41, 5.74) is 2.14. The molecule has 1 aromatic rings. The smallest absolute Gasteiger partial charge is 0.150 e. The molecule has 0 spiro atoms. The van der Waals surface area contributed by atoms with E-state index in [9.17, 15) is 13.5 Å². The molecule has 96 valence electrons. The highest BCUT2D eigenvalue weighted by atomic mass is 32.2. The Morgan fingerprint density at radius 1 is 1.35 bits per heavy atom. The molecule has 1 N–H and O–H groups in total. The molecule has 1 rings (SSSR count). The van der Waals surface area contributed by atoms with E-state index in [-0.39, 0.29) is 24.0 Å². The van der Waals surface area contributed by atoms with Gasteiger partial charge in [-0.3, -0.25) is 0 Å². The van der Waals surface area contributed by atoms with Gasteiger partial charge in [-0.25, -0.2) is 8.42 Å². The van der Waals surface area contributed by atoms with Crippen LogP contribution < -0.4 is 0 Å². The first kappa shape index (κ1) is 14.2. The molecule has 4 heteroatoms. The molecule has 0 aromatic heterocycles. The molecule has 0 aliphatic carbocycles. The molecular formula is C13H20O3S. The van der Waals surface area contributed by atoms with Crippen LogP contribution in [0.3, 0.4) is 0 Å². The van der Waals surface area contributed by atoms with E-state index in [0.717, 1.165) is 11.1 Å². The molecule has 0 aliphatic rings. The largest absolute Gasteiger partial charge is 0.396 e. The highest BCUT2D eigenvalue weighted by Gasteiger charge is 2.15.